The van der Waals surface area contributed by atoms with Crippen molar-refractivity contribution in [2.75, 3.05) is 6.61 Å². The standard InChI is InChI=1S/C22H44O/c1-2-3-4-5-6-7-8-9-10-11-12-13-14-15-16-17-18-19-20-21-22-23/h9-10,23H,2-8,11-22H2,1H3. The van der Waals surface area contributed by atoms with Crippen LogP contribution >= 0.6 is 0 Å². The molecule has 0 unspecified atom stereocenters. The van der Waals surface area contributed by atoms with Crippen molar-refractivity contribution in [3.8, 4) is 0 Å². The summed E-state index contributed by atoms with van der Waals surface area (Å²) in [6.45, 7) is 2.65. The number of hydrogen-bond acceptors (Lipinski definition) is 1. The maximum atomic E-state index is 8.71. The zero-order valence-corrected chi connectivity index (χ0v) is 16.0. The average Bonchev–Trinajstić information content (AvgIpc) is 2.57. The highest BCUT2D eigenvalue weighted by atomic mass is 16.2. The first-order valence-electron chi connectivity index (χ1n) is 10.7. The van der Waals surface area contributed by atoms with Crippen molar-refractivity contribution in [2.24, 2.45) is 0 Å². The predicted octanol–water partition coefficient (Wildman–Crippen LogP) is 7.58. The first-order valence-corrected chi connectivity index (χ1v) is 10.7. The Morgan fingerprint density at radius 1 is 0.478 bits per heavy atom. The first kappa shape index (κ1) is 22.7. The number of rotatable bonds is 19. The molecule has 0 aromatic rings. The fourth-order valence-electron chi connectivity index (χ4n) is 3.07. The van der Waals surface area contributed by atoms with Crippen molar-refractivity contribution in [1.29, 1.82) is 0 Å². The molecule has 1 nitrogen and oxygen atoms in total. The van der Waals surface area contributed by atoms with Gasteiger partial charge in [-0.3, -0.25) is 0 Å². The molecule has 0 aliphatic rings. The highest BCUT2D eigenvalue weighted by Crippen LogP contribution is 2.12. The van der Waals surface area contributed by atoms with Crippen LogP contribution in [-0.4, -0.2) is 11.7 Å². The molecule has 0 heterocycles. The molecule has 138 valence electrons. The van der Waals surface area contributed by atoms with Crippen LogP contribution in [0.5, 0.6) is 0 Å². The third kappa shape index (κ3) is 21.7. The Kier molecular flexibility index (Phi) is 21.4. The second kappa shape index (κ2) is 21.7. The van der Waals surface area contributed by atoms with Crippen molar-refractivity contribution < 1.29 is 5.11 Å². The molecule has 0 spiro atoms. The Morgan fingerprint density at radius 3 is 1.22 bits per heavy atom. The quantitative estimate of drug-likeness (QED) is 0.192. The predicted molar refractivity (Wildman–Crippen MR) is 105 cm³/mol. The van der Waals surface area contributed by atoms with Gasteiger partial charge in [0.15, 0.2) is 0 Å². The second-order valence-electron chi connectivity index (χ2n) is 7.08. The number of aliphatic hydroxyl groups is 1. The van der Waals surface area contributed by atoms with E-state index in [2.05, 4.69) is 19.1 Å². The number of aliphatic hydroxyl groups excluding tert-OH is 1. The summed E-state index contributed by atoms with van der Waals surface area (Å²) in [7, 11) is 0. The van der Waals surface area contributed by atoms with Gasteiger partial charge in [-0.1, -0.05) is 103 Å². The third-order valence-corrected chi connectivity index (χ3v) is 4.67. The van der Waals surface area contributed by atoms with E-state index in [0.29, 0.717) is 6.61 Å². The topological polar surface area (TPSA) is 20.2 Å². The van der Waals surface area contributed by atoms with Crippen molar-refractivity contribution in [2.45, 2.75) is 122 Å². The summed E-state index contributed by atoms with van der Waals surface area (Å²) in [5, 5.41) is 8.71. The minimum atomic E-state index is 0.368. The van der Waals surface area contributed by atoms with E-state index in [0.717, 1.165) is 6.42 Å². The summed E-state index contributed by atoms with van der Waals surface area (Å²) in [5.41, 5.74) is 0. The second-order valence-corrected chi connectivity index (χ2v) is 7.08. The van der Waals surface area contributed by atoms with Gasteiger partial charge in [-0.2, -0.15) is 0 Å². The van der Waals surface area contributed by atoms with Crippen LogP contribution in [0, 0.1) is 0 Å². The van der Waals surface area contributed by atoms with E-state index < -0.39 is 0 Å². The van der Waals surface area contributed by atoms with E-state index >= 15 is 0 Å². The lowest BCUT2D eigenvalue weighted by Gasteiger charge is -2.01. The zero-order chi connectivity index (χ0) is 16.8. The molecular formula is C22H44O. The molecule has 0 aromatic carbocycles. The lowest BCUT2D eigenvalue weighted by atomic mass is 10.1. The summed E-state index contributed by atoms with van der Waals surface area (Å²) in [5.74, 6) is 0. The maximum absolute atomic E-state index is 8.71. The molecule has 1 heteroatoms. The molecule has 0 amide bonds. The van der Waals surface area contributed by atoms with Crippen LogP contribution in [0.4, 0.5) is 0 Å². The zero-order valence-electron chi connectivity index (χ0n) is 16.0. The molecule has 0 rings (SSSR count). The SMILES string of the molecule is CCCCCCCCC=CCCCCCCCCCCCCO. The van der Waals surface area contributed by atoms with Gasteiger partial charge < -0.3 is 5.11 Å². The fraction of sp³-hybridized carbons (Fsp3) is 0.909. The smallest absolute Gasteiger partial charge is 0.0431 e. The van der Waals surface area contributed by atoms with E-state index in [1.54, 1.807) is 0 Å². The third-order valence-electron chi connectivity index (χ3n) is 4.67. The molecule has 0 radical (unpaired) electrons. The summed E-state index contributed by atoms with van der Waals surface area (Å²) in [6.07, 6.45) is 29.1. The lowest BCUT2D eigenvalue weighted by molar-refractivity contribution is 0.282. The molecule has 0 saturated carbocycles. The normalized spacial score (nSPS) is 11.6. The maximum Gasteiger partial charge on any atom is 0.0431 e. The van der Waals surface area contributed by atoms with Crippen LogP contribution in [0.25, 0.3) is 0 Å². The molecule has 0 atom stereocenters. The van der Waals surface area contributed by atoms with Gasteiger partial charge in [0.1, 0.15) is 0 Å². The van der Waals surface area contributed by atoms with Gasteiger partial charge in [0.25, 0.3) is 0 Å². The highest BCUT2D eigenvalue weighted by Gasteiger charge is 1.93. The minimum Gasteiger partial charge on any atom is -0.396 e. The highest BCUT2D eigenvalue weighted by molar-refractivity contribution is 4.81. The van der Waals surface area contributed by atoms with Gasteiger partial charge in [0.05, 0.1) is 0 Å². The van der Waals surface area contributed by atoms with Gasteiger partial charge >= 0.3 is 0 Å². The van der Waals surface area contributed by atoms with E-state index in [4.69, 9.17) is 5.11 Å². The van der Waals surface area contributed by atoms with E-state index in [-0.39, 0.29) is 0 Å². The monoisotopic (exact) mass is 324 g/mol. The summed E-state index contributed by atoms with van der Waals surface area (Å²) < 4.78 is 0. The Labute approximate surface area is 147 Å². The molecule has 0 saturated heterocycles. The molecule has 0 aliphatic carbocycles. The summed E-state index contributed by atoms with van der Waals surface area (Å²) in [6, 6.07) is 0. The molecule has 0 bridgehead atoms. The largest absolute Gasteiger partial charge is 0.396 e. The van der Waals surface area contributed by atoms with Crippen molar-refractivity contribution in [1.82, 2.24) is 0 Å². The Bertz CT molecular complexity index is 222. The van der Waals surface area contributed by atoms with Gasteiger partial charge in [-0.05, 0) is 32.1 Å². The van der Waals surface area contributed by atoms with Crippen molar-refractivity contribution in [3.63, 3.8) is 0 Å². The molecule has 0 fully saturated rings. The van der Waals surface area contributed by atoms with Crippen LogP contribution in [0.15, 0.2) is 12.2 Å². The van der Waals surface area contributed by atoms with Crippen LogP contribution < -0.4 is 0 Å². The summed E-state index contributed by atoms with van der Waals surface area (Å²) in [4.78, 5) is 0. The minimum absolute atomic E-state index is 0.368. The van der Waals surface area contributed by atoms with E-state index in [1.165, 1.54) is 109 Å². The van der Waals surface area contributed by atoms with Crippen LogP contribution in [-0.2, 0) is 0 Å². The fourth-order valence-corrected chi connectivity index (χ4v) is 3.07. The van der Waals surface area contributed by atoms with Crippen LogP contribution in [0.3, 0.4) is 0 Å². The molecule has 1 N–H and O–H groups in total. The van der Waals surface area contributed by atoms with Crippen LogP contribution in [0.2, 0.25) is 0 Å². The Balaban J connectivity index is 3.02. The van der Waals surface area contributed by atoms with Crippen molar-refractivity contribution in [3.05, 3.63) is 12.2 Å². The van der Waals surface area contributed by atoms with Crippen molar-refractivity contribution >= 4 is 0 Å². The van der Waals surface area contributed by atoms with Gasteiger partial charge in [0, 0.05) is 6.61 Å². The van der Waals surface area contributed by atoms with E-state index in [9.17, 15) is 0 Å². The first-order chi connectivity index (χ1) is 11.4. The van der Waals surface area contributed by atoms with E-state index in [1.807, 2.05) is 0 Å². The number of hydrogen-bond donors (Lipinski definition) is 1. The molecular weight excluding hydrogens is 280 g/mol. The number of unbranched alkanes of at least 4 members (excludes halogenated alkanes) is 16. The Hall–Kier alpha value is -0.300. The molecule has 0 aliphatic heterocycles. The average molecular weight is 325 g/mol. The summed E-state index contributed by atoms with van der Waals surface area (Å²) >= 11 is 0. The van der Waals surface area contributed by atoms with Crippen LogP contribution in [0.1, 0.15) is 122 Å². The van der Waals surface area contributed by atoms with Gasteiger partial charge in [0.2, 0.25) is 0 Å². The molecule has 23 heavy (non-hydrogen) atoms. The lowest BCUT2D eigenvalue weighted by Crippen LogP contribution is -1.84. The number of allylic oxidation sites excluding steroid dienone is 2. The Morgan fingerprint density at radius 2 is 0.826 bits per heavy atom. The van der Waals surface area contributed by atoms with Gasteiger partial charge in [-0.25, -0.2) is 0 Å². The van der Waals surface area contributed by atoms with Gasteiger partial charge in [-0.15, -0.1) is 0 Å². The molecule has 0 aromatic heterocycles.